The third kappa shape index (κ3) is 1.90. The van der Waals surface area contributed by atoms with Crippen LogP contribution < -0.4 is 5.32 Å². The predicted molar refractivity (Wildman–Crippen MR) is 77.8 cm³/mol. The molecule has 2 saturated heterocycles. The van der Waals surface area contributed by atoms with Crippen molar-refractivity contribution in [1.29, 1.82) is 0 Å². The molecular formula is C16H22N2O2. The van der Waals surface area contributed by atoms with E-state index in [4.69, 9.17) is 0 Å². The van der Waals surface area contributed by atoms with Crippen LogP contribution in [0.3, 0.4) is 0 Å². The molecule has 0 spiro atoms. The number of carbonyl (C=O) groups is 1. The van der Waals surface area contributed by atoms with Crippen LogP contribution >= 0.6 is 0 Å². The number of benzene rings is 1. The number of fused-ring (bicyclic) bond motifs is 1. The molecule has 3 rings (SSSR count). The fourth-order valence-corrected chi connectivity index (χ4v) is 3.66. The van der Waals surface area contributed by atoms with Crippen LogP contribution in [0.5, 0.6) is 5.75 Å². The Hall–Kier alpha value is -1.55. The summed E-state index contributed by atoms with van der Waals surface area (Å²) in [5, 5.41) is 13.2. The summed E-state index contributed by atoms with van der Waals surface area (Å²) in [5.41, 5.74) is 1.24. The number of hydrogen-bond donors (Lipinski definition) is 2. The van der Waals surface area contributed by atoms with Crippen molar-refractivity contribution in [3.63, 3.8) is 0 Å². The second-order valence-electron chi connectivity index (χ2n) is 6.60. The SMILES string of the molecule is Cc1ccc(C(=O)N2CC3CNCC3C2(C)C)cc1O. The van der Waals surface area contributed by atoms with Gasteiger partial charge < -0.3 is 15.3 Å². The quantitative estimate of drug-likeness (QED) is 0.820. The van der Waals surface area contributed by atoms with Gasteiger partial charge in [-0.25, -0.2) is 0 Å². The Morgan fingerprint density at radius 3 is 2.80 bits per heavy atom. The van der Waals surface area contributed by atoms with Crippen molar-refractivity contribution in [1.82, 2.24) is 10.2 Å². The first kappa shape index (κ1) is 13.4. The van der Waals surface area contributed by atoms with E-state index >= 15 is 0 Å². The van der Waals surface area contributed by atoms with E-state index in [1.165, 1.54) is 0 Å². The third-order valence-corrected chi connectivity index (χ3v) is 5.06. The Morgan fingerprint density at radius 2 is 2.15 bits per heavy atom. The molecular weight excluding hydrogens is 252 g/mol. The van der Waals surface area contributed by atoms with Gasteiger partial charge in [-0.3, -0.25) is 4.79 Å². The second kappa shape index (κ2) is 4.48. The number of phenolic OH excluding ortho intramolecular Hbond substituents is 1. The molecule has 0 aliphatic carbocycles. The van der Waals surface area contributed by atoms with Gasteiger partial charge in [0.15, 0.2) is 0 Å². The van der Waals surface area contributed by atoms with E-state index in [0.29, 0.717) is 17.4 Å². The van der Waals surface area contributed by atoms with Gasteiger partial charge >= 0.3 is 0 Å². The molecule has 4 nitrogen and oxygen atoms in total. The molecule has 0 aromatic heterocycles. The summed E-state index contributed by atoms with van der Waals surface area (Å²) in [6.45, 7) is 8.92. The smallest absolute Gasteiger partial charge is 0.254 e. The zero-order valence-electron chi connectivity index (χ0n) is 12.3. The number of aromatic hydroxyl groups is 1. The predicted octanol–water partition coefficient (Wildman–Crippen LogP) is 1.77. The van der Waals surface area contributed by atoms with Crippen LogP contribution in [0.2, 0.25) is 0 Å². The van der Waals surface area contributed by atoms with Crippen molar-refractivity contribution in [2.45, 2.75) is 26.3 Å². The fourth-order valence-electron chi connectivity index (χ4n) is 3.66. The number of hydrogen-bond acceptors (Lipinski definition) is 3. The number of nitrogens with zero attached hydrogens (tertiary/aromatic N) is 1. The van der Waals surface area contributed by atoms with Gasteiger partial charge in [0.1, 0.15) is 5.75 Å². The molecule has 2 N–H and O–H groups in total. The van der Waals surface area contributed by atoms with Crippen molar-refractivity contribution >= 4 is 5.91 Å². The standard InChI is InChI=1S/C16H22N2O2/c1-10-4-5-11(6-14(10)19)15(20)18-9-12-7-17-8-13(12)16(18,2)3/h4-6,12-13,17,19H,7-9H2,1-3H3. The normalized spacial score (nSPS) is 27.6. The first-order valence-electron chi connectivity index (χ1n) is 7.23. The van der Waals surface area contributed by atoms with Gasteiger partial charge in [-0.15, -0.1) is 0 Å². The van der Waals surface area contributed by atoms with Crippen molar-refractivity contribution in [3.05, 3.63) is 29.3 Å². The van der Waals surface area contributed by atoms with E-state index in [2.05, 4.69) is 19.2 Å². The van der Waals surface area contributed by atoms with Crippen LogP contribution in [0.15, 0.2) is 18.2 Å². The second-order valence-corrected chi connectivity index (χ2v) is 6.60. The molecule has 0 radical (unpaired) electrons. The molecule has 2 unspecified atom stereocenters. The van der Waals surface area contributed by atoms with Crippen molar-refractivity contribution in [2.24, 2.45) is 11.8 Å². The van der Waals surface area contributed by atoms with Gasteiger partial charge in [0.25, 0.3) is 5.91 Å². The maximum Gasteiger partial charge on any atom is 0.254 e. The Kier molecular flexibility index (Phi) is 3.01. The highest BCUT2D eigenvalue weighted by Gasteiger charge is 2.51. The summed E-state index contributed by atoms with van der Waals surface area (Å²) >= 11 is 0. The maximum absolute atomic E-state index is 12.8. The van der Waals surface area contributed by atoms with Crippen LogP contribution in [0.1, 0.15) is 29.8 Å². The van der Waals surface area contributed by atoms with E-state index in [9.17, 15) is 9.90 Å². The lowest BCUT2D eigenvalue weighted by Crippen LogP contribution is -2.47. The lowest BCUT2D eigenvalue weighted by Gasteiger charge is -2.35. The van der Waals surface area contributed by atoms with Crippen molar-refractivity contribution < 1.29 is 9.90 Å². The first-order chi connectivity index (χ1) is 9.41. The van der Waals surface area contributed by atoms with Crippen LogP contribution in [0.25, 0.3) is 0 Å². The highest BCUT2D eigenvalue weighted by Crippen LogP contribution is 2.41. The van der Waals surface area contributed by atoms with Crippen LogP contribution in [-0.2, 0) is 0 Å². The third-order valence-electron chi connectivity index (χ3n) is 5.06. The molecule has 0 bridgehead atoms. The molecule has 1 amide bonds. The lowest BCUT2D eigenvalue weighted by molar-refractivity contribution is 0.0603. The number of rotatable bonds is 1. The molecule has 2 aliphatic rings. The van der Waals surface area contributed by atoms with Crippen molar-refractivity contribution in [3.8, 4) is 5.75 Å². The van der Waals surface area contributed by atoms with Crippen molar-refractivity contribution in [2.75, 3.05) is 19.6 Å². The maximum atomic E-state index is 12.8. The van der Waals surface area contributed by atoms with Gasteiger partial charge in [-0.1, -0.05) is 6.07 Å². The molecule has 2 fully saturated rings. The summed E-state index contributed by atoms with van der Waals surface area (Å²) < 4.78 is 0. The Labute approximate surface area is 119 Å². The molecule has 2 heterocycles. The van der Waals surface area contributed by atoms with E-state index in [-0.39, 0.29) is 17.2 Å². The summed E-state index contributed by atoms with van der Waals surface area (Å²) in [4.78, 5) is 14.7. The monoisotopic (exact) mass is 274 g/mol. The molecule has 20 heavy (non-hydrogen) atoms. The molecule has 0 saturated carbocycles. The summed E-state index contributed by atoms with van der Waals surface area (Å²) in [5.74, 6) is 1.29. The van der Waals surface area contributed by atoms with Crippen LogP contribution in [0, 0.1) is 18.8 Å². The molecule has 108 valence electrons. The lowest BCUT2D eigenvalue weighted by atomic mass is 9.84. The molecule has 1 aromatic carbocycles. The zero-order valence-corrected chi connectivity index (χ0v) is 12.3. The average Bonchev–Trinajstić information content (AvgIpc) is 2.95. The number of phenols is 1. The molecule has 4 heteroatoms. The molecule has 2 aliphatic heterocycles. The van der Waals surface area contributed by atoms with E-state index < -0.39 is 0 Å². The Morgan fingerprint density at radius 1 is 1.40 bits per heavy atom. The number of amides is 1. The highest BCUT2D eigenvalue weighted by molar-refractivity contribution is 5.95. The number of aryl methyl sites for hydroxylation is 1. The minimum atomic E-state index is -0.133. The summed E-state index contributed by atoms with van der Waals surface area (Å²) in [6.07, 6.45) is 0. The van der Waals surface area contributed by atoms with Gasteiger partial charge in [0.2, 0.25) is 0 Å². The van der Waals surface area contributed by atoms with E-state index in [0.717, 1.165) is 25.2 Å². The Balaban J connectivity index is 1.89. The van der Waals surface area contributed by atoms with E-state index in [1.807, 2.05) is 11.8 Å². The molecule has 1 aromatic rings. The van der Waals surface area contributed by atoms with Gasteiger partial charge in [0.05, 0.1) is 0 Å². The summed E-state index contributed by atoms with van der Waals surface area (Å²) in [7, 11) is 0. The topological polar surface area (TPSA) is 52.6 Å². The van der Waals surface area contributed by atoms with Gasteiger partial charge in [-0.05, 0) is 50.3 Å². The van der Waals surface area contributed by atoms with Crippen LogP contribution in [-0.4, -0.2) is 41.1 Å². The minimum Gasteiger partial charge on any atom is -0.508 e. The average molecular weight is 274 g/mol. The largest absolute Gasteiger partial charge is 0.508 e. The number of carbonyl (C=O) groups excluding carboxylic acids is 1. The van der Waals surface area contributed by atoms with Gasteiger partial charge in [-0.2, -0.15) is 0 Å². The first-order valence-corrected chi connectivity index (χ1v) is 7.23. The highest BCUT2D eigenvalue weighted by atomic mass is 16.3. The van der Waals surface area contributed by atoms with E-state index in [1.54, 1.807) is 18.2 Å². The van der Waals surface area contributed by atoms with Gasteiger partial charge in [0, 0.05) is 30.7 Å². The minimum absolute atomic E-state index is 0.0275. The van der Waals surface area contributed by atoms with Crippen LogP contribution in [0.4, 0.5) is 0 Å². The number of nitrogens with one attached hydrogen (secondary N) is 1. The zero-order chi connectivity index (χ0) is 14.5. The summed E-state index contributed by atoms with van der Waals surface area (Å²) in [6, 6.07) is 5.19. The Bertz CT molecular complexity index is 553. The molecule has 2 atom stereocenters. The fraction of sp³-hybridized carbons (Fsp3) is 0.562. The number of likely N-dealkylation sites (tertiary alicyclic amines) is 1.